The number of hydrogen-bond acceptors (Lipinski definition) is 4. The molecule has 1 heterocycles. The molecule has 0 radical (unpaired) electrons. The summed E-state index contributed by atoms with van der Waals surface area (Å²) in [5, 5.41) is 0. The third-order valence-electron chi connectivity index (χ3n) is 4.26. The van der Waals surface area contributed by atoms with Crippen LogP contribution in [-0.2, 0) is 16.1 Å². The maximum absolute atomic E-state index is 12.7. The van der Waals surface area contributed by atoms with Crippen LogP contribution in [0.5, 0.6) is 5.75 Å². The van der Waals surface area contributed by atoms with Crippen LogP contribution in [0.25, 0.3) is 0 Å². The summed E-state index contributed by atoms with van der Waals surface area (Å²) in [6.07, 6.45) is 0.203. The van der Waals surface area contributed by atoms with E-state index in [-0.39, 0.29) is 18.2 Å². The van der Waals surface area contributed by atoms with Gasteiger partial charge in [0, 0.05) is 6.54 Å². The minimum absolute atomic E-state index is 0.171. The Labute approximate surface area is 141 Å². The van der Waals surface area contributed by atoms with E-state index in [1.54, 1.807) is 31.4 Å². The van der Waals surface area contributed by atoms with Crippen molar-refractivity contribution >= 4 is 17.5 Å². The van der Waals surface area contributed by atoms with Gasteiger partial charge < -0.3 is 4.74 Å². The third-order valence-corrected chi connectivity index (χ3v) is 4.26. The lowest BCUT2D eigenvalue weighted by Gasteiger charge is -2.23. The summed E-state index contributed by atoms with van der Waals surface area (Å²) in [5.74, 6) is 0.342. The van der Waals surface area contributed by atoms with Gasteiger partial charge in [-0.2, -0.15) is 0 Å². The van der Waals surface area contributed by atoms with Crippen LogP contribution in [0.1, 0.15) is 12.0 Å². The topological polar surface area (TPSA) is 49.9 Å². The summed E-state index contributed by atoms with van der Waals surface area (Å²) < 4.78 is 5.11. The standard InChI is InChI=1S/C19H20N2O3/c1-20(13-14-6-4-3-5-7-14)17-12-18(22)21(19(17)23)15-8-10-16(24-2)11-9-15/h3-11,17H,12-13H2,1-2H3/t17-/m0/s1. The monoisotopic (exact) mass is 324 g/mol. The van der Waals surface area contributed by atoms with Gasteiger partial charge in [-0.3, -0.25) is 14.5 Å². The first kappa shape index (κ1) is 16.2. The molecule has 1 aliphatic rings. The smallest absolute Gasteiger partial charge is 0.251 e. The van der Waals surface area contributed by atoms with Gasteiger partial charge in [0.25, 0.3) is 5.91 Å². The Morgan fingerprint density at radius 3 is 2.38 bits per heavy atom. The van der Waals surface area contributed by atoms with Gasteiger partial charge in [-0.25, -0.2) is 4.90 Å². The second kappa shape index (κ2) is 6.84. The Bertz CT molecular complexity index is 728. The molecule has 5 heteroatoms. The first-order valence-electron chi connectivity index (χ1n) is 7.85. The molecule has 0 bridgehead atoms. The van der Waals surface area contributed by atoms with E-state index in [2.05, 4.69) is 0 Å². The van der Waals surface area contributed by atoms with Gasteiger partial charge >= 0.3 is 0 Å². The molecule has 1 saturated heterocycles. The number of imide groups is 1. The SMILES string of the molecule is COc1ccc(N2C(=O)C[C@H](N(C)Cc3ccccc3)C2=O)cc1. The highest BCUT2D eigenvalue weighted by Crippen LogP contribution is 2.27. The molecule has 1 fully saturated rings. The van der Waals surface area contributed by atoms with Gasteiger partial charge in [-0.1, -0.05) is 30.3 Å². The number of carbonyl (C=O) groups excluding carboxylic acids is 2. The van der Waals surface area contributed by atoms with Crippen molar-refractivity contribution in [1.82, 2.24) is 4.90 Å². The number of rotatable bonds is 5. The van der Waals surface area contributed by atoms with E-state index >= 15 is 0 Å². The van der Waals surface area contributed by atoms with Crippen LogP contribution < -0.4 is 9.64 Å². The summed E-state index contributed by atoms with van der Waals surface area (Å²) >= 11 is 0. The number of benzene rings is 2. The van der Waals surface area contributed by atoms with Gasteiger partial charge in [0.1, 0.15) is 5.75 Å². The minimum atomic E-state index is -0.431. The fraction of sp³-hybridized carbons (Fsp3) is 0.263. The van der Waals surface area contributed by atoms with Crippen LogP contribution in [0.2, 0.25) is 0 Å². The number of carbonyl (C=O) groups is 2. The average Bonchev–Trinajstić information content (AvgIpc) is 2.90. The van der Waals surface area contributed by atoms with Crippen LogP contribution in [0.4, 0.5) is 5.69 Å². The lowest BCUT2D eigenvalue weighted by atomic mass is 10.1. The first-order valence-corrected chi connectivity index (χ1v) is 7.85. The molecule has 0 aromatic heterocycles. The molecule has 0 unspecified atom stereocenters. The minimum Gasteiger partial charge on any atom is -0.497 e. The Balaban J connectivity index is 1.75. The lowest BCUT2D eigenvalue weighted by molar-refractivity contribution is -0.122. The van der Waals surface area contributed by atoms with E-state index in [4.69, 9.17) is 4.74 Å². The van der Waals surface area contributed by atoms with Crippen molar-refractivity contribution in [3.05, 3.63) is 60.2 Å². The fourth-order valence-electron chi connectivity index (χ4n) is 2.94. The van der Waals surface area contributed by atoms with Crippen LogP contribution >= 0.6 is 0 Å². The van der Waals surface area contributed by atoms with Crippen LogP contribution in [-0.4, -0.2) is 36.9 Å². The largest absolute Gasteiger partial charge is 0.497 e. The zero-order chi connectivity index (χ0) is 17.1. The number of anilines is 1. The third kappa shape index (κ3) is 3.16. The molecule has 0 spiro atoms. The normalized spacial score (nSPS) is 17.6. The predicted molar refractivity (Wildman–Crippen MR) is 91.8 cm³/mol. The second-order valence-electron chi connectivity index (χ2n) is 5.89. The van der Waals surface area contributed by atoms with Gasteiger partial charge in [0.2, 0.25) is 5.91 Å². The van der Waals surface area contributed by atoms with Gasteiger partial charge in [0.15, 0.2) is 0 Å². The zero-order valence-corrected chi connectivity index (χ0v) is 13.8. The van der Waals surface area contributed by atoms with Crippen molar-refractivity contribution in [2.75, 3.05) is 19.1 Å². The van der Waals surface area contributed by atoms with E-state index in [9.17, 15) is 9.59 Å². The highest BCUT2D eigenvalue weighted by molar-refractivity contribution is 6.22. The van der Waals surface area contributed by atoms with Gasteiger partial charge in [0.05, 0.1) is 25.3 Å². The van der Waals surface area contributed by atoms with E-state index in [0.29, 0.717) is 18.0 Å². The summed E-state index contributed by atoms with van der Waals surface area (Å²) in [6, 6.07) is 16.4. The summed E-state index contributed by atoms with van der Waals surface area (Å²) in [5.41, 5.74) is 1.70. The number of ether oxygens (including phenoxy) is 1. The molecule has 0 aliphatic carbocycles. The van der Waals surface area contributed by atoms with Crippen molar-refractivity contribution in [3.8, 4) is 5.75 Å². The Kier molecular flexibility index (Phi) is 4.62. The second-order valence-corrected chi connectivity index (χ2v) is 5.89. The van der Waals surface area contributed by atoms with E-state index < -0.39 is 6.04 Å². The molecular formula is C19H20N2O3. The van der Waals surface area contributed by atoms with Crippen LogP contribution in [0, 0.1) is 0 Å². The Morgan fingerprint density at radius 2 is 1.75 bits per heavy atom. The molecule has 24 heavy (non-hydrogen) atoms. The highest BCUT2D eigenvalue weighted by atomic mass is 16.5. The van der Waals surface area contributed by atoms with Crippen LogP contribution in [0.15, 0.2) is 54.6 Å². The summed E-state index contributed by atoms with van der Waals surface area (Å²) in [4.78, 5) is 28.3. The summed E-state index contributed by atoms with van der Waals surface area (Å²) in [6.45, 7) is 0.626. The number of likely N-dealkylation sites (N-methyl/N-ethyl adjacent to an activating group) is 1. The number of methoxy groups -OCH3 is 1. The number of hydrogen-bond donors (Lipinski definition) is 0. The quantitative estimate of drug-likeness (QED) is 0.793. The van der Waals surface area contributed by atoms with Crippen molar-refractivity contribution in [3.63, 3.8) is 0 Å². The zero-order valence-electron chi connectivity index (χ0n) is 13.8. The lowest BCUT2D eigenvalue weighted by Crippen LogP contribution is -2.39. The Hall–Kier alpha value is -2.66. The molecule has 2 aromatic carbocycles. The molecule has 3 rings (SSSR count). The van der Waals surface area contributed by atoms with Crippen molar-refractivity contribution in [2.45, 2.75) is 19.0 Å². The van der Waals surface area contributed by atoms with E-state index in [1.165, 1.54) is 4.90 Å². The molecule has 124 valence electrons. The average molecular weight is 324 g/mol. The summed E-state index contributed by atoms with van der Waals surface area (Å²) in [7, 11) is 3.45. The first-order chi connectivity index (χ1) is 11.6. The van der Waals surface area contributed by atoms with Crippen molar-refractivity contribution < 1.29 is 14.3 Å². The van der Waals surface area contributed by atoms with Crippen molar-refractivity contribution in [1.29, 1.82) is 0 Å². The van der Waals surface area contributed by atoms with Gasteiger partial charge in [-0.05, 0) is 36.9 Å². The number of nitrogens with zero attached hydrogens (tertiary/aromatic N) is 2. The predicted octanol–water partition coefficient (Wildman–Crippen LogP) is 2.46. The molecule has 0 saturated carbocycles. The van der Waals surface area contributed by atoms with Crippen LogP contribution in [0.3, 0.4) is 0 Å². The molecular weight excluding hydrogens is 304 g/mol. The van der Waals surface area contributed by atoms with E-state index in [0.717, 1.165) is 5.56 Å². The molecule has 2 aromatic rings. The Morgan fingerprint density at radius 1 is 1.08 bits per heavy atom. The molecule has 2 amide bonds. The molecule has 1 aliphatic heterocycles. The molecule has 1 atom stereocenters. The molecule has 0 N–H and O–H groups in total. The van der Waals surface area contributed by atoms with Crippen molar-refractivity contribution in [2.24, 2.45) is 0 Å². The maximum Gasteiger partial charge on any atom is 0.251 e. The van der Waals surface area contributed by atoms with E-state index in [1.807, 2.05) is 42.3 Å². The fourth-order valence-corrected chi connectivity index (χ4v) is 2.94. The highest BCUT2D eigenvalue weighted by Gasteiger charge is 2.41. The number of amides is 2. The molecule has 5 nitrogen and oxygen atoms in total. The van der Waals surface area contributed by atoms with Gasteiger partial charge in [-0.15, -0.1) is 0 Å². The maximum atomic E-state index is 12.7.